The van der Waals surface area contributed by atoms with Crippen LogP contribution < -0.4 is 5.73 Å². The summed E-state index contributed by atoms with van der Waals surface area (Å²) in [6, 6.07) is 6.50. The summed E-state index contributed by atoms with van der Waals surface area (Å²) in [7, 11) is 0. The summed E-state index contributed by atoms with van der Waals surface area (Å²) in [6.45, 7) is 1.01. The van der Waals surface area contributed by atoms with Crippen molar-refractivity contribution in [2.24, 2.45) is 5.73 Å². The molecule has 0 spiro atoms. The molecule has 1 aromatic heterocycles. The van der Waals surface area contributed by atoms with Gasteiger partial charge in [0, 0.05) is 13.2 Å². The number of rotatable bonds is 4. The topological polar surface area (TPSA) is 103 Å². The Bertz CT molecular complexity index is 645. The first-order valence-electron chi connectivity index (χ1n) is 6.80. The van der Waals surface area contributed by atoms with Crippen molar-refractivity contribution in [2.75, 3.05) is 6.61 Å². The Morgan fingerprint density at radius 1 is 1.43 bits per heavy atom. The molecule has 0 bridgehead atoms. The molecule has 1 unspecified atom stereocenters. The number of nitrogens with zero attached hydrogens (tertiary/aromatic N) is 3. The smallest absolute Gasteiger partial charge is 0.335 e. The monoisotopic (exact) mass is 288 g/mol. The number of carboxylic acid groups (broad SMARTS) is 1. The predicted molar refractivity (Wildman–Crippen MR) is 74.1 cm³/mol. The first kappa shape index (κ1) is 13.7. The number of carboxylic acids is 1. The molecule has 110 valence electrons. The number of aromatic carboxylic acids is 1. The fourth-order valence-electron chi connectivity index (χ4n) is 2.52. The number of aromatic nitrogens is 3. The maximum Gasteiger partial charge on any atom is 0.335 e. The van der Waals surface area contributed by atoms with Crippen LogP contribution in [0.15, 0.2) is 24.3 Å². The zero-order valence-electron chi connectivity index (χ0n) is 11.4. The van der Waals surface area contributed by atoms with Gasteiger partial charge in [-0.05, 0) is 37.1 Å². The zero-order chi connectivity index (χ0) is 14.8. The van der Waals surface area contributed by atoms with Gasteiger partial charge in [-0.15, -0.1) is 5.10 Å². The summed E-state index contributed by atoms with van der Waals surface area (Å²) in [5.74, 6) is -0.956. The Morgan fingerprint density at radius 3 is 2.76 bits per heavy atom. The minimum Gasteiger partial charge on any atom is -0.478 e. The second-order valence-electron chi connectivity index (χ2n) is 4.89. The molecule has 1 aliphatic rings. The quantitative estimate of drug-likeness (QED) is 0.878. The molecule has 1 saturated heterocycles. The summed E-state index contributed by atoms with van der Waals surface area (Å²) in [5, 5.41) is 17.2. The van der Waals surface area contributed by atoms with Gasteiger partial charge in [0.2, 0.25) is 0 Å². The van der Waals surface area contributed by atoms with Gasteiger partial charge in [-0.1, -0.05) is 5.21 Å². The van der Waals surface area contributed by atoms with Crippen LogP contribution in [0.1, 0.15) is 40.7 Å². The van der Waals surface area contributed by atoms with Crippen molar-refractivity contribution in [3.8, 4) is 5.69 Å². The minimum absolute atomic E-state index is 0.0577. The molecule has 1 fully saturated rings. The number of carbonyl (C=O) groups is 1. The number of nitrogens with two attached hydrogens (primary N) is 1. The largest absolute Gasteiger partial charge is 0.478 e. The maximum atomic E-state index is 10.9. The molecule has 2 aromatic rings. The van der Waals surface area contributed by atoms with Gasteiger partial charge >= 0.3 is 5.97 Å². The van der Waals surface area contributed by atoms with Crippen LogP contribution in [0, 0.1) is 0 Å². The molecule has 21 heavy (non-hydrogen) atoms. The van der Waals surface area contributed by atoms with Crippen LogP contribution in [0.2, 0.25) is 0 Å². The van der Waals surface area contributed by atoms with Crippen molar-refractivity contribution >= 4 is 5.97 Å². The van der Waals surface area contributed by atoms with Gasteiger partial charge in [0.05, 0.1) is 16.9 Å². The SMILES string of the molecule is NCc1nnn(-c2ccc(C(=O)O)cc2)c1C1CCCO1. The lowest BCUT2D eigenvalue weighted by atomic mass is 10.1. The molecule has 0 amide bonds. The standard InChI is InChI=1S/C14H16N4O3/c15-8-11-13(12-2-1-7-21-12)18(17-16-11)10-5-3-9(4-6-10)14(19)20/h3-6,12H,1-2,7-8,15H2,(H,19,20). The fourth-order valence-corrected chi connectivity index (χ4v) is 2.52. The Kier molecular flexibility index (Phi) is 3.68. The number of benzene rings is 1. The lowest BCUT2D eigenvalue weighted by Crippen LogP contribution is -2.11. The average Bonchev–Trinajstić information content (AvgIpc) is 3.15. The Morgan fingerprint density at radius 2 is 2.19 bits per heavy atom. The fraction of sp³-hybridized carbons (Fsp3) is 0.357. The van der Waals surface area contributed by atoms with E-state index in [1.807, 2.05) is 0 Å². The van der Waals surface area contributed by atoms with Crippen LogP contribution >= 0.6 is 0 Å². The van der Waals surface area contributed by atoms with E-state index in [1.54, 1.807) is 28.9 Å². The van der Waals surface area contributed by atoms with E-state index >= 15 is 0 Å². The highest BCUT2D eigenvalue weighted by Crippen LogP contribution is 2.31. The highest BCUT2D eigenvalue weighted by Gasteiger charge is 2.26. The lowest BCUT2D eigenvalue weighted by Gasteiger charge is -2.13. The first-order valence-corrected chi connectivity index (χ1v) is 6.80. The second kappa shape index (κ2) is 5.63. The highest BCUT2D eigenvalue weighted by atomic mass is 16.5. The minimum atomic E-state index is -0.956. The molecule has 2 heterocycles. The maximum absolute atomic E-state index is 10.9. The predicted octanol–water partition coefficient (Wildman–Crippen LogP) is 1.28. The van der Waals surface area contributed by atoms with Gasteiger partial charge in [-0.25, -0.2) is 9.48 Å². The van der Waals surface area contributed by atoms with E-state index in [1.165, 1.54) is 0 Å². The molecular formula is C14H16N4O3. The second-order valence-corrected chi connectivity index (χ2v) is 4.89. The molecule has 0 aliphatic carbocycles. The van der Waals surface area contributed by atoms with Crippen LogP contribution in [0.25, 0.3) is 5.69 Å². The van der Waals surface area contributed by atoms with Gasteiger partial charge in [0.15, 0.2) is 0 Å². The van der Waals surface area contributed by atoms with E-state index in [-0.39, 0.29) is 11.7 Å². The molecule has 3 rings (SSSR count). The van der Waals surface area contributed by atoms with E-state index in [9.17, 15) is 4.79 Å². The Balaban J connectivity index is 2.01. The van der Waals surface area contributed by atoms with Crippen molar-refractivity contribution in [3.05, 3.63) is 41.2 Å². The molecule has 1 atom stereocenters. The third-order valence-corrected chi connectivity index (χ3v) is 3.57. The molecule has 1 aromatic carbocycles. The highest BCUT2D eigenvalue weighted by molar-refractivity contribution is 5.87. The van der Waals surface area contributed by atoms with E-state index in [0.717, 1.165) is 30.8 Å². The van der Waals surface area contributed by atoms with E-state index in [4.69, 9.17) is 15.6 Å². The third-order valence-electron chi connectivity index (χ3n) is 3.57. The first-order chi connectivity index (χ1) is 10.2. The summed E-state index contributed by atoms with van der Waals surface area (Å²) in [6.07, 6.45) is 1.85. The summed E-state index contributed by atoms with van der Waals surface area (Å²) in [5.41, 5.74) is 8.28. The number of ether oxygens (including phenoxy) is 1. The van der Waals surface area contributed by atoms with Crippen molar-refractivity contribution in [3.63, 3.8) is 0 Å². The zero-order valence-corrected chi connectivity index (χ0v) is 11.4. The van der Waals surface area contributed by atoms with E-state index in [2.05, 4.69) is 10.3 Å². The van der Waals surface area contributed by atoms with Gasteiger partial charge < -0.3 is 15.6 Å². The van der Waals surface area contributed by atoms with Crippen LogP contribution in [0.4, 0.5) is 0 Å². The van der Waals surface area contributed by atoms with Gasteiger partial charge in [-0.2, -0.15) is 0 Å². The lowest BCUT2D eigenvalue weighted by molar-refractivity contribution is 0.0697. The van der Waals surface area contributed by atoms with Crippen LogP contribution in [-0.2, 0) is 11.3 Å². The summed E-state index contributed by atoms with van der Waals surface area (Å²) < 4.78 is 7.40. The molecular weight excluding hydrogens is 272 g/mol. The molecule has 3 N–H and O–H groups in total. The van der Waals surface area contributed by atoms with Crippen molar-refractivity contribution in [2.45, 2.75) is 25.5 Å². The van der Waals surface area contributed by atoms with Crippen molar-refractivity contribution in [1.29, 1.82) is 0 Å². The van der Waals surface area contributed by atoms with E-state index in [0.29, 0.717) is 12.2 Å². The Hall–Kier alpha value is -2.25. The Labute approximate surface area is 121 Å². The van der Waals surface area contributed by atoms with Crippen LogP contribution in [-0.4, -0.2) is 32.7 Å². The van der Waals surface area contributed by atoms with Gasteiger partial charge in [0.1, 0.15) is 11.8 Å². The average molecular weight is 288 g/mol. The number of hydrogen-bond donors (Lipinski definition) is 2. The third kappa shape index (κ3) is 2.53. The summed E-state index contributed by atoms with van der Waals surface area (Å²) in [4.78, 5) is 10.9. The number of hydrogen-bond acceptors (Lipinski definition) is 5. The molecule has 0 saturated carbocycles. The van der Waals surface area contributed by atoms with Crippen LogP contribution in [0.3, 0.4) is 0 Å². The van der Waals surface area contributed by atoms with Gasteiger partial charge in [-0.3, -0.25) is 0 Å². The summed E-state index contributed by atoms with van der Waals surface area (Å²) >= 11 is 0. The molecule has 7 nitrogen and oxygen atoms in total. The van der Waals surface area contributed by atoms with E-state index < -0.39 is 5.97 Å². The molecule has 0 radical (unpaired) electrons. The van der Waals surface area contributed by atoms with Crippen molar-refractivity contribution < 1.29 is 14.6 Å². The van der Waals surface area contributed by atoms with Crippen molar-refractivity contribution in [1.82, 2.24) is 15.0 Å². The van der Waals surface area contributed by atoms with Crippen LogP contribution in [0.5, 0.6) is 0 Å². The van der Waals surface area contributed by atoms with Gasteiger partial charge in [0.25, 0.3) is 0 Å². The normalized spacial score (nSPS) is 18.0. The molecule has 1 aliphatic heterocycles. The molecule has 7 heteroatoms.